The maximum absolute atomic E-state index is 12.5. The molecule has 7 heteroatoms. The third-order valence-corrected chi connectivity index (χ3v) is 5.58. The zero-order valence-corrected chi connectivity index (χ0v) is 12.5. The highest BCUT2D eigenvalue weighted by atomic mass is 32.2. The highest BCUT2D eigenvalue weighted by Gasteiger charge is 2.29. The molecule has 0 aliphatic carbocycles. The minimum atomic E-state index is -3.55. The van der Waals surface area contributed by atoms with Crippen LogP contribution in [0.1, 0.15) is 15.9 Å². The number of nitrogens with two attached hydrogens (primary N) is 1. The Morgan fingerprint density at radius 2 is 1.90 bits per heavy atom. The van der Waals surface area contributed by atoms with Crippen LogP contribution in [0.5, 0.6) is 0 Å². The number of carbonyl (C=O) groups is 1. The molecule has 1 aliphatic heterocycles. The van der Waals surface area contributed by atoms with Crippen LogP contribution in [0.2, 0.25) is 0 Å². The molecule has 20 heavy (non-hydrogen) atoms. The number of nitrogens with one attached hydrogen (secondary N) is 1. The van der Waals surface area contributed by atoms with Crippen molar-refractivity contribution in [3.05, 3.63) is 29.3 Å². The second kappa shape index (κ2) is 5.51. The molecular weight excluding hydrogens is 278 g/mol. The SMILES string of the molecule is Cc1ccc(S(=O)(=O)N2CC[NH+](C)CC2)cc1C(N)=O. The number of sulfonamides is 1. The zero-order valence-electron chi connectivity index (χ0n) is 11.7. The average Bonchev–Trinajstić information content (AvgIpc) is 2.39. The van der Waals surface area contributed by atoms with E-state index in [1.54, 1.807) is 13.0 Å². The van der Waals surface area contributed by atoms with E-state index in [2.05, 4.69) is 0 Å². The number of hydrogen-bond acceptors (Lipinski definition) is 3. The first kappa shape index (κ1) is 15.0. The Kier molecular flexibility index (Phi) is 4.12. The van der Waals surface area contributed by atoms with Gasteiger partial charge in [-0.05, 0) is 24.6 Å². The van der Waals surface area contributed by atoms with Crippen molar-refractivity contribution < 1.29 is 18.1 Å². The van der Waals surface area contributed by atoms with Gasteiger partial charge in [-0.3, -0.25) is 4.79 Å². The summed E-state index contributed by atoms with van der Waals surface area (Å²) < 4.78 is 26.6. The summed E-state index contributed by atoms with van der Waals surface area (Å²) in [5, 5.41) is 0. The number of benzene rings is 1. The average molecular weight is 298 g/mol. The van der Waals surface area contributed by atoms with Gasteiger partial charge in [0, 0.05) is 5.56 Å². The molecule has 1 amide bonds. The Morgan fingerprint density at radius 3 is 2.45 bits per heavy atom. The number of carbonyl (C=O) groups excluding carboxylic acids is 1. The maximum atomic E-state index is 12.5. The van der Waals surface area contributed by atoms with Crippen molar-refractivity contribution in [3.63, 3.8) is 0 Å². The Labute approximate surface area is 119 Å². The van der Waals surface area contributed by atoms with Crippen LogP contribution in [0.25, 0.3) is 0 Å². The topological polar surface area (TPSA) is 84.9 Å². The van der Waals surface area contributed by atoms with Crippen LogP contribution < -0.4 is 10.6 Å². The summed E-state index contributed by atoms with van der Waals surface area (Å²) in [6, 6.07) is 4.52. The second-order valence-corrected chi connectivity index (χ2v) is 7.14. The van der Waals surface area contributed by atoms with E-state index < -0.39 is 15.9 Å². The van der Waals surface area contributed by atoms with Crippen LogP contribution in [0.3, 0.4) is 0 Å². The fraction of sp³-hybridized carbons (Fsp3) is 0.462. The lowest BCUT2D eigenvalue weighted by molar-refractivity contribution is -0.883. The van der Waals surface area contributed by atoms with Gasteiger partial charge in [-0.15, -0.1) is 0 Å². The van der Waals surface area contributed by atoms with Gasteiger partial charge in [0.15, 0.2) is 0 Å². The zero-order chi connectivity index (χ0) is 14.9. The summed E-state index contributed by atoms with van der Waals surface area (Å²) >= 11 is 0. The van der Waals surface area contributed by atoms with Gasteiger partial charge >= 0.3 is 0 Å². The van der Waals surface area contributed by atoms with Gasteiger partial charge < -0.3 is 10.6 Å². The molecule has 2 rings (SSSR count). The number of primary amides is 1. The van der Waals surface area contributed by atoms with Gasteiger partial charge in [0.05, 0.1) is 38.1 Å². The Hall–Kier alpha value is -1.44. The first-order chi connectivity index (χ1) is 9.32. The fourth-order valence-corrected chi connectivity index (χ4v) is 3.75. The van der Waals surface area contributed by atoms with E-state index in [9.17, 15) is 13.2 Å². The molecule has 0 radical (unpaired) electrons. The van der Waals surface area contributed by atoms with Crippen LogP contribution in [0.15, 0.2) is 23.1 Å². The third kappa shape index (κ3) is 2.84. The van der Waals surface area contributed by atoms with Gasteiger partial charge in [0.2, 0.25) is 15.9 Å². The first-order valence-corrected chi connectivity index (χ1v) is 7.98. The molecule has 0 bridgehead atoms. The fourth-order valence-electron chi connectivity index (χ4n) is 2.28. The van der Waals surface area contributed by atoms with Crippen LogP contribution >= 0.6 is 0 Å². The molecule has 1 heterocycles. The summed E-state index contributed by atoms with van der Waals surface area (Å²) in [5.41, 5.74) is 6.21. The molecule has 3 N–H and O–H groups in total. The molecule has 1 saturated heterocycles. The van der Waals surface area contributed by atoms with E-state index in [0.29, 0.717) is 18.7 Å². The molecule has 1 aromatic rings. The van der Waals surface area contributed by atoms with E-state index in [1.807, 2.05) is 7.05 Å². The molecule has 0 unspecified atom stereocenters. The van der Waals surface area contributed by atoms with E-state index >= 15 is 0 Å². The molecule has 110 valence electrons. The summed E-state index contributed by atoms with van der Waals surface area (Å²) in [4.78, 5) is 12.8. The predicted molar refractivity (Wildman–Crippen MR) is 75.1 cm³/mol. The summed E-state index contributed by atoms with van der Waals surface area (Å²) in [5.74, 6) is -0.609. The van der Waals surface area contributed by atoms with Gasteiger partial charge in [-0.25, -0.2) is 8.42 Å². The van der Waals surface area contributed by atoms with Gasteiger partial charge in [0.1, 0.15) is 0 Å². The minimum Gasteiger partial charge on any atom is -0.366 e. The Bertz CT molecular complexity index is 620. The van der Waals surface area contributed by atoms with Gasteiger partial charge in [-0.1, -0.05) is 6.07 Å². The molecule has 0 spiro atoms. The quantitative estimate of drug-likeness (QED) is 0.721. The lowest BCUT2D eigenvalue weighted by Gasteiger charge is -2.29. The van der Waals surface area contributed by atoms with Crippen molar-refractivity contribution in [2.24, 2.45) is 5.73 Å². The van der Waals surface area contributed by atoms with Crippen LogP contribution in [0, 0.1) is 6.92 Å². The number of quaternary nitrogens is 1. The smallest absolute Gasteiger partial charge is 0.249 e. The van der Waals surface area contributed by atoms with Gasteiger partial charge in [0.25, 0.3) is 0 Å². The lowest BCUT2D eigenvalue weighted by atomic mass is 10.1. The number of piperazine rings is 1. The summed E-state index contributed by atoms with van der Waals surface area (Å²) in [6.45, 7) is 4.29. The Morgan fingerprint density at radius 1 is 1.30 bits per heavy atom. The van der Waals surface area contributed by atoms with Crippen molar-refractivity contribution >= 4 is 15.9 Å². The number of amides is 1. The standard InChI is InChI=1S/C13H19N3O3S/c1-10-3-4-11(9-12(10)13(14)17)20(18,19)16-7-5-15(2)6-8-16/h3-4,9H,5-8H2,1-2H3,(H2,14,17)/p+1. The van der Waals surface area contributed by atoms with E-state index in [-0.39, 0.29) is 10.5 Å². The minimum absolute atomic E-state index is 0.136. The van der Waals surface area contributed by atoms with Gasteiger partial charge in [-0.2, -0.15) is 4.31 Å². The van der Waals surface area contributed by atoms with Crippen molar-refractivity contribution in [2.75, 3.05) is 33.2 Å². The van der Waals surface area contributed by atoms with Crippen molar-refractivity contribution in [2.45, 2.75) is 11.8 Å². The molecule has 1 fully saturated rings. The first-order valence-electron chi connectivity index (χ1n) is 6.54. The highest BCUT2D eigenvalue weighted by molar-refractivity contribution is 7.89. The molecule has 0 saturated carbocycles. The number of rotatable bonds is 3. The highest BCUT2D eigenvalue weighted by Crippen LogP contribution is 2.19. The predicted octanol–water partition coefficient (Wildman–Crippen LogP) is -1.39. The largest absolute Gasteiger partial charge is 0.366 e. The van der Waals surface area contributed by atoms with Crippen molar-refractivity contribution in [1.82, 2.24) is 4.31 Å². The van der Waals surface area contributed by atoms with Crippen molar-refractivity contribution in [3.8, 4) is 0 Å². The van der Waals surface area contributed by atoms with E-state index in [1.165, 1.54) is 21.3 Å². The lowest BCUT2D eigenvalue weighted by Crippen LogP contribution is -3.12. The molecule has 1 aliphatic rings. The molecule has 6 nitrogen and oxygen atoms in total. The summed E-state index contributed by atoms with van der Waals surface area (Å²) in [7, 11) is -1.50. The third-order valence-electron chi connectivity index (χ3n) is 3.69. The molecular formula is C13H20N3O3S+. The molecule has 1 aromatic carbocycles. The van der Waals surface area contributed by atoms with E-state index in [4.69, 9.17) is 5.73 Å². The summed E-state index contributed by atoms with van der Waals surface area (Å²) in [6.07, 6.45) is 0. The van der Waals surface area contributed by atoms with Crippen LogP contribution in [-0.2, 0) is 10.0 Å². The van der Waals surface area contributed by atoms with Crippen molar-refractivity contribution in [1.29, 1.82) is 0 Å². The van der Waals surface area contributed by atoms with Crippen LogP contribution in [-0.4, -0.2) is 51.9 Å². The van der Waals surface area contributed by atoms with E-state index in [0.717, 1.165) is 13.1 Å². The normalized spacial score (nSPS) is 18.1. The number of likely N-dealkylation sites (N-methyl/N-ethyl adjacent to an activating group) is 1. The molecule has 0 atom stereocenters. The number of nitrogens with zero attached hydrogens (tertiary/aromatic N) is 1. The number of aryl methyl sites for hydroxylation is 1. The monoisotopic (exact) mass is 298 g/mol. The number of hydrogen-bond donors (Lipinski definition) is 2. The second-order valence-electron chi connectivity index (χ2n) is 5.20. The molecule has 0 aromatic heterocycles. The Balaban J connectivity index is 2.35. The van der Waals surface area contributed by atoms with Crippen LogP contribution in [0.4, 0.5) is 0 Å². The maximum Gasteiger partial charge on any atom is 0.249 e.